The molecule has 0 aliphatic rings. The number of benzene rings is 1. The smallest absolute Gasteiger partial charge is 0.233 e. The van der Waals surface area contributed by atoms with Crippen molar-refractivity contribution in [3.63, 3.8) is 0 Å². The van der Waals surface area contributed by atoms with Gasteiger partial charge in [-0.05, 0) is 18.1 Å². The Labute approximate surface area is 104 Å². The first-order chi connectivity index (χ1) is 8.29. The van der Waals surface area contributed by atoms with Crippen molar-refractivity contribution < 1.29 is 4.74 Å². The molecule has 2 rings (SSSR count). The van der Waals surface area contributed by atoms with Gasteiger partial charge in [0.05, 0.1) is 7.11 Å². The largest absolute Gasteiger partial charge is 0.496 e. The van der Waals surface area contributed by atoms with Crippen LogP contribution in [0.2, 0.25) is 0 Å². The Morgan fingerprint density at radius 1 is 1.41 bits per heavy atom. The van der Waals surface area contributed by atoms with Gasteiger partial charge in [-0.25, -0.2) is 0 Å². The fourth-order valence-electron chi connectivity index (χ4n) is 1.52. The summed E-state index contributed by atoms with van der Waals surface area (Å²) in [6.07, 6.45) is 0.865. The topological polar surface area (TPSA) is 73.1 Å². The minimum atomic E-state index is 0.315. The van der Waals surface area contributed by atoms with Gasteiger partial charge >= 0.3 is 0 Å². The summed E-state index contributed by atoms with van der Waals surface area (Å²) >= 11 is 1.27. The molecule has 1 aromatic heterocycles. The van der Waals surface area contributed by atoms with Crippen molar-refractivity contribution in [2.45, 2.75) is 6.42 Å². The fourth-order valence-corrected chi connectivity index (χ4v) is 2.04. The van der Waals surface area contributed by atoms with Gasteiger partial charge in [-0.3, -0.25) is 0 Å². The number of nitrogens with one attached hydrogen (secondary N) is 1. The highest BCUT2D eigenvalue weighted by Gasteiger charge is 2.03. The SMILES string of the molecule is COc1ccccc1CCNc1nc(N)ns1. The van der Waals surface area contributed by atoms with Crippen LogP contribution in [-0.4, -0.2) is 23.0 Å². The molecule has 0 aliphatic carbocycles. The Hall–Kier alpha value is -1.82. The maximum atomic E-state index is 5.44. The number of ether oxygens (including phenoxy) is 1. The average molecular weight is 250 g/mol. The first kappa shape index (κ1) is 11.7. The third-order valence-electron chi connectivity index (χ3n) is 2.30. The van der Waals surface area contributed by atoms with Gasteiger partial charge in [0.1, 0.15) is 5.75 Å². The average Bonchev–Trinajstić information content (AvgIpc) is 2.76. The molecule has 1 heterocycles. The third kappa shape index (κ3) is 3.07. The lowest BCUT2D eigenvalue weighted by molar-refractivity contribution is 0.410. The Morgan fingerprint density at radius 2 is 2.24 bits per heavy atom. The molecule has 0 unspecified atom stereocenters. The molecule has 0 saturated heterocycles. The van der Waals surface area contributed by atoms with Gasteiger partial charge < -0.3 is 15.8 Å². The zero-order valence-corrected chi connectivity index (χ0v) is 10.3. The number of hydrogen-bond donors (Lipinski definition) is 2. The first-order valence-electron chi connectivity index (χ1n) is 5.24. The fraction of sp³-hybridized carbons (Fsp3) is 0.273. The van der Waals surface area contributed by atoms with Crippen LogP contribution in [0.5, 0.6) is 5.75 Å². The molecular weight excluding hydrogens is 236 g/mol. The molecule has 0 amide bonds. The lowest BCUT2D eigenvalue weighted by Crippen LogP contribution is -2.05. The molecule has 0 radical (unpaired) electrons. The monoisotopic (exact) mass is 250 g/mol. The van der Waals surface area contributed by atoms with Crippen LogP contribution in [0.15, 0.2) is 24.3 Å². The van der Waals surface area contributed by atoms with E-state index in [9.17, 15) is 0 Å². The van der Waals surface area contributed by atoms with E-state index in [4.69, 9.17) is 10.5 Å². The summed E-state index contributed by atoms with van der Waals surface area (Å²) in [5.74, 6) is 1.22. The normalized spacial score (nSPS) is 10.2. The van der Waals surface area contributed by atoms with Crippen LogP contribution in [-0.2, 0) is 6.42 Å². The van der Waals surface area contributed by atoms with Gasteiger partial charge in [0.15, 0.2) is 0 Å². The molecule has 0 saturated carbocycles. The van der Waals surface area contributed by atoms with Crippen molar-refractivity contribution in [2.75, 3.05) is 24.7 Å². The Balaban J connectivity index is 1.89. The van der Waals surface area contributed by atoms with Crippen molar-refractivity contribution in [2.24, 2.45) is 0 Å². The van der Waals surface area contributed by atoms with Crippen LogP contribution in [0.25, 0.3) is 0 Å². The molecule has 0 spiro atoms. The van der Waals surface area contributed by atoms with E-state index in [0.29, 0.717) is 5.95 Å². The van der Waals surface area contributed by atoms with Crippen LogP contribution >= 0.6 is 11.5 Å². The number of nitrogens with two attached hydrogens (primary N) is 1. The molecule has 2 aromatic rings. The summed E-state index contributed by atoms with van der Waals surface area (Å²) in [5, 5.41) is 3.92. The van der Waals surface area contributed by atoms with Crippen molar-refractivity contribution in [3.8, 4) is 5.75 Å². The molecule has 5 nitrogen and oxygen atoms in total. The second-order valence-corrected chi connectivity index (χ2v) is 4.20. The van der Waals surface area contributed by atoms with E-state index in [-0.39, 0.29) is 0 Å². The molecule has 0 bridgehead atoms. The Bertz CT molecular complexity index is 486. The van der Waals surface area contributed by atoms with Gasteiger partial charge in [0, 0.05) is 18.1 Å². The molecule has 6 heteroatoms. The highest BCUT2D eigenvalue weighted by Crippen LogP contribution is 2.18. The number of aromatic nitrogens is 2. The number of methoxy groups -OCH3 is 1. The summed E-state index contributed by atoms with van der Waals surface area (Å²) in [4.78, 5) is 4.03. The number of para-hydroxylation sites is 1. The second kappa shape index (κ2) is 5.49. The number of nitrogens with zero attached hydrogens (tertiary/aromatic N) is 2. The molecule has 90 valence electrons. The number of hydrogen-bond acceptors (Lipinski definition) is 6. The zero-order chi connectivity index (χ0) is 12.1. The van der Waals surface area contributed by atoms with Gasteiger partial charge in [-0.15, -0.1) is 0 Å². The number of rotatable bonds is 5. The van der Waals surface area contributed by atoms with E-state index in [0.717, 1.165) is 23.8 Å². The van der Waals surface area contributed by atoms with Gasteiger partial charge in [0.2, 0.25) is 11.1 Å². The molecule has 17 heavy (non-hydrogen) atoms. The Morgan fingerprint density at radius 3 is 2.94 bits per heavy atom. The molecule has 0 aliphatic heterocycles. The molecule has 1 aromatic carbocycles. The van der Waals surface area contributed by atoms with E-state index in [1.54, 1.807) is 7.11 Å². The van der Waals surface area contributed by atoms with Crippen LogP contribution in [0.1, 0.15) is 5.56 Å². The summed E-state index contributed by atoms with van der Waals surface area (Å²) in [5.41, 5.74) is 6.60. The van der Waals surface area contributed by atoms with E-state index < -0.39 is 0 Å². The number of anilines is 2. The van der Waals surface area contributed by atoms with Crippen LogP contribution in [0, 0.1) is 0 Å². The van der Waals surface area contributed by atoms with Crippen LogP contribution < -0.4 is 15.8 Å². The van der Waals surface area contributed by atoms with Gasteiger partial charge in [0.25, 0.3) is 0 Å². The minimum Gasteiger partial charge on any atom is -0.496 e. The first-order valence-corrected chi connectivity index (χ1v) is 6.02. The maximum Gasteiger partial charge on any atom is 0.233 e. The van der Waals surface area contributed by atoms with Crippen molar-refractivity contribution in [1.82, 2.24) is 9.36 Å². The van der Waals surface area contributed by atoms with Crippen molar-refractivity contribution in [1.29, 1.82) is 0 Å². The molecule has 0 fully saturated rings. The Kier molecular flexibility index (Phi) is 3.77. The van der Waals surface area contributed by atoms with Crippen LogP contribution in [0.3, 0.4) is 0 Å². The van der Waals surface area contributed by atoms with E-state index in [1.165, 1.54) is 17.1 Å². The standard InChI is InChI=1S/C11H14N4OS/c1-16-9-5-3-2-4-8(9)6-7-13-11-14-10(12)15-17-11/h2-5H,6-7H2,1H3,(H3,12,13,14,15). The van der Waals surface area contributed by atoms with Crippen molar-refractivity contribution in [3.05, 3.63) is 29.8 Å². The van der Waals surface area contributed by atoms with Gasteiger partial charge in [-0.1, -0.05) is 18.2 Å². The summed E-state index contributed by atoms with van der Waals surface area (Å²) in [7, 11) is 1.68. The summed E-state index contributed by atoms with van der Waals surface area (Å²) in [6.45, 7) is 0.773. The molecular formula is C11H14N4OS. The number of nitrogen functional groups attached to an aromatic ring is 1. The predicted octanol–water partition coefficient (Wildman–Crippen LogP) is 1.78. The maximum absolute atomic E-state index is 5.44. The van der Waals surface area contributed by atoms with Crippen molar-refractivity contribution >= 4 is 22.6 Å². The highest BCUT2D eigenvalue weighted by molar-refractivity contribution is 7.09. The second-order valence-electron chi connectivity index (χ2n) is 3.45. The third-order valence-corrected chi connectivity index (χ3v) is 2.99. The van der Waals surface area contributed by atoms with E-state index >= 15 is 0 Å². The quantitative estimate of drug-likeness (QED) is 0.846. The van der Waals surface area contributed by atoms with Crippen LogP contribution in [0.4, 0.5) is 11.1 Å². The van der Waals surface area contributed by atoms with Gasteiger partial charge in [-0.2, -0.15) is 9.36 Å². The zero-order valence-electron chi connectivity index (χ0n) is 9.51. The van der Waals surface area contributed by atoms with E-state index in [1.807, 2.05) is 18.2 Å². The molecule has 0 atom stereocenters. The minimum absolute atomic E-state index is 0.315. The lowest BCUT2D eigenvalue weighted by atomic mass is 10.1. The van der Waals surface area contributed by atoms with E-state index in [2.05, 4.69) is 20.7 Å². The summed E-state index contributed by atoms with van der Waals surface area (Å²) in [6, 6.07) is 7.97. The highest BCUT2D eigenvalue weighted by atomic mass is 32.1. The summed E-state index contributed by atoms with van der Waals surface area (Å²) < 4.78 is 9.18. The molecule has 3 N–H and O–H groups in total. The predicted molar refractivity (Wildman–Crippen MR) is 69.5 cm³/mol. The lowest BCUT2D eigenvalue weighted by Gasteiger charge is -2.07.